The van der Waals surface area contributed by atoms with Crippen LogP contribution < -0.4 is 10.2 Å². The van der Waals surface area contributed by atoms with Gasteiger partial charge in [-0.3, -0.25) is 4.79 Å². The van der Waals surface area contributed by atoms with Crippen molar-refractivity contribution in [2.75, 3.05) is 7.11 Å². The molecule has 72 valence electrons. The second-order valence-corrected chi connectivity index (χ2v) is 4.06. The van der Waals surface area contributed by atoms with Crippen molar-refractivity contribution in [3.05, 3.63) is 38.2 Å². The highest BCUT2D eigenvalue weighted by atomic mass is 127. The normalized spacial score (nSPS) is 10.4. The highest BCUT2D eigenvalue weighted by Crippen LogP contribution is 2.16. The first-order valence-corrected chi connectivity index (χ1v) is 5.15. The Kier molecular flexibility index (Phi) is 2.45. The number of H-pyrrole nitrogens is 1. The molecule has 1 aromatic heterocycles. The summed E-state index contributed by atoms with van der Waals surface area (Å²) in [6.07, 6.45) is 0. The van der Waals surface area contributed by atoms with Gasteiger partial charge >= 0.3 is 0 Å². The van der Waals surface area contributed by atoms with Gasteiger partial charge in [-0.1, -0.05) is 0 Å². The summed E-state index contributed by atoms with van der Waals surface area (Å²) in [6, 6.07) is 6.98. The minimum absolute atomic E-state index is 0.0158. The van der Waals surface area contributed by atoms with E-state index in [-0.39, 0.29) is 5.43 Å². The first-order valence-electron chi connectivity index (χ1n) is 4.07. The third kappa shape index (κ3) is 1.61. The van der Waals surface area contributed by atoms with E-state index in [1.165, 1.54) is 0 Å². The Morgan fingerprint density at radius 3 is 2.86 bits per heavy atom. The van der Waals surface area contributed by atoms with Crippen LogP contribution in [0.1, 0.15) is 0 Å². The van der Waals surface area contributed by atoms with Gasteiger partial charge in [0, 0.05) is 11.5 Å². The van der Waals surface area contributed by atoms with Crippen LogP contribution in [0.5, 0.6) is 5.75 Å². The van der Waals surface area contributed by atoms with Crippen LogP contribution in [0.15, 0.2) is 29.1 Å². The molecule has 14 heavy (non-hydrogen) atoms. The minimum Gasteiger partial charge on any atom is -0.497 e. The zero-order valence-electron chi connectivity index (χ0n) is 7.50. The highest BCUT2D eigenvalue weighted by Gasteiger charge is 2.01. The summed E-state index contributed by atoms with van der Waals surface area (Å²) in [6.45, 7) is 0. The molecule has 0 aliphatic rings. The molecule has 1 aromatic carbocycles. The van der Waals surface area contributed by atoms with Crippen LogP contribution in [0.25, 0.3) is 10.9 Å². The van der Waals surface area contributed by atoms with Crippen LogP contribution in [0.2, 0.25) is 0 Å². The summed E-state index contributed by atoms with van der Waals surface area (Å²) in [5, 5.41) is 0.657. The molecule has 0 aliphatic heterocycles. The van der Waals surface area contributed by atoms with Gasteiger partial charge in [-0.25, -0.2) is 0 Å². The Morgan fingerprint density at radius 1 is 1.36 bits per heavy atom. The number of pyridine rings is 1. The number of fused-ring (bicyclic) bond motifs is 1. The minimum atomic E-state index is 0.0158. The van der Waals surface area contributed by atoms with Crippen molar-refractivity contribution in [2.45, 2.75) is 0 Å². The van der Waals surface area contributed by atoms with E-state index in [0.717, 1.165) is 9.22 Å². The second-order valence-electron chi connectivity index (χ2n) is 2.89. The van der Waals surface area contributed by atoms with Crippen molar-refractivity contribution in [1.29, 1.82) is 0 Å². The number of benzene rings is 1. The number of ether oxygens (including phenoxy) is 1. The molecule has 1 heterocycles. The molecule has 2 aromatic rings. The van der Waals surface area contributed by atoms with Crippen LogP contribution >= 0.6 is 22.6 Å². The lowest BCUT2D eigenvalue weighted by atomic mass is 10.2. The molecule has 0 atom stereocenters. The van der Waals surface area contributed by atoms with Gasteiger partial charge in [0.25, 0.3) is 0 Å². The Bertz CT molecular complexity index is 533. The van der Waals surface area contributed by atoms with Gasteiger partial charge in [0.2, 0.25) is 0 Å². The maximum atomic E-state index is 11.6. The van der Waals surface area contributed by atoms with Crippen molar-refractivity contribution in [1.82, 2.24) is 4.98 Å². The first kappa shape index (κ1) is 9.51. The summed E-state index contributed by atoms with van der Waals surface area (Å²) in [7, 11) is 1.59. The second kappa shape index (κ2) is 3.61. The lowest BCUT2D eigenvalue weighted by Crippen LogP contribution is -2.02. The predicted octanol–water partition coefficient (Wildman–Crippen LogP) is 2.14. The molecule has 4 heteroatoms. The highest BCUT2D eigenvalue weighted by molar-refractivity contribution is 14.1. The fourth-order valence-corrected chi connectivity index (χ4v) is 1.89. The molecule has 1 N–H and O–H groups in total. The monoisotopic (exact) mass is 301 g/mol. The van der Waals surface area contributed by atoms with Crippen molar-refractivity contribution in [2.24, 2.45) is 0 Å². The molecule has 0 amide bonds. The van der Waals surface area contributed by atoms with Gasteiger partial charge < -0.3 is 9.72 Å². The van der Waals surface area contributed by atoms with Gasteiger partial charge in [0.1, 0.15) is 5.75 Å². The molecular formula is C10H8INO2. The number of hydrogen-bond donors (Lipinski definition) is 1. The van der Waals surface area contributed by atoms with Crippen LogP contribution in [-0.4, -0.2) is 12.1 Å². The number of aromatic nitrogens is 1. The van der Waals surface area contributed by atoms with Gasteiger partial charge in [-0.15, -0.1) is 0 Å². The third-order valence-electron chi connectivity index (χ3n) is 2.00. The zero-order valence-corrected chi connectivity index (χ0v) is 9.66. The summed E-state index contributed by atoms with van der Waals surface area (Å²) >= 11 is 2.08. The Balaban J connectivity index is 2.82. The number of nitrogens with one attached hydrogen (secondary N) is 1. The molecule has 0 radical (unpaired) electrons. The maximum absolute atomic E-state index is 11.6. The summed E-state index contributed by atoms with van der Waals surface area (Å²) in [5.74, 6) is 0.698. The molecule has 0 bridgehead atoms. The number of halogens is 1. The maximum Gasteiger partial charge on any atom is 0.190 e. The van der Waals surface area contributed by atoms with E-state index in [1.807, 2.05) is 12.1 Å². The molecule has 0 aliphatic carbocycles. The number of rotatable bonds is 1. The summed E-state index contributed by atoms with van der Waals surface area (Å²) < 4.78 is 5.89. The third-order valence-corrected chi connectivity index (χ3v) is 2.59. The van der Waals surface area contributed by atoms with Crippen molar-refractivity contribution in [3.8, 4) is 5.75 Å². The van der Waals surface area contributed by atoms with Gasteiger partial charge in [-0.05, 0) is 40.8 Å². The molecule has 0 spiro atoms. The molecule has 0 unspecified atom stereocenters. The SMILES string of the molecule is COc1ccc2[nH]c(I)cc(=O)c2c1. The smallest absolute Gasteiger partial charge is 0.190 e. The van der Waals surface area contributed by atoms with E-state index in [4.69, 9.17) is 4.74 Å². The number of aromatic amines is 1. The predicted molar refractivity (Wildman–Crippen MR) is 63.8 cm³/mol. The van der Waals surface area contributed by atoms with Gasteiger partial charge in [0.05, 0.1) is 16.3 Å². The van der Waals surface area contributed by atoms with Crippen molar-refractivity contribution >= 4 is 33.5 Å². The lowest BCUT2D eigenvalue weighted by molar-refractivity contribution is 0.415. The fraction of sp³-hybridized carbons (Fsp3) is 0.100. The first-order chi connectivity index (χ1) is 6.70. The Hall–Kier alpha value is -1.04. The van der Waals surface area contributed by atoms with Crippen LogP contribution in [-0.2, 0) is 0 Å². The van der Waals surface area contributed by atoms with E-state index in [2.05, 4.69) is 27.6 Å². The average molecular weight is 301 g/mol. The van der Waals surface area contributed by atoms with E-state index in [0.29, 0.717) is 11.1 Å². The summed E-state index contributed by atoms with van der Waals surface area (Å²) in [5.41, 5.74) is 0.852. The van der Waals surface area contributed by atoms with Crippen LogP contribution in [0.4, 0.5) is 0 Å². The number of hydrogen-bond acceptors (Lipinski definition) is 2. The molecule has 0 saturated heterocycles. The molecule has 0 fully saturated rings. The standard InChI is InChI=1S/C10H8INO2/c1-14-6-2-3-8-7(4-6)9(13)5-10(11)12-8/h2-5H,1H3,(H,12,13). The van der Waals surface area contributed by atoms with Crippen LogP contribution in [0, 0.1) is 3.70 Å². The molecule has 2 rings (SSSR count). The van der Waals surface area contributed by atoms with Crippen LogP contribution in [0.3, 0.4) is 0 Å². The van der Waals surface area contributed by atoms with E-state index >= 15 is 0 Å². The van der Waals surface area contributed by atoms with E-state index in [1.54, 1.807) is 19.2 Å². The zero-order chi connectivity index (χ0) is 10.1. The van der Waals surface area contributed by atoms with E-state index < -0.39 is 0 Å². The average Bonchev–Trinajstić information content (AvgIpc) is 2.17. The van der Waals surface area contributed by atoms with Crippen molar-refractivity contribution in [3.63, 3.8) is 0 Å². The Morgan fingerprint density at radius 2 is 2.14 bits per heavy atom. The largest absolute Gasteiger partial charge is 0.497 e. The lowest BCUT2D eigenvalue weighted by Gasteiger charge is -2.02. The Labute approximate surface area is 94.2 Å². The molecular weight excluding hydrogens is 293 g/mol. The van der Waals surface area contributed by atoms with E-state index in [9.17, 15) is 4.79 Å². The van der Waals surface area contributed by atoms with Crippen molar-refractivity contribution < 1.29 is 4.74 Å². The van der Waals surface area contributed by atoms with Gasteiger partial charge in [0.15, 0.2) is 5.43 Å². The van der Waals surface area contributed by atoms with Gasteiger partial charge in [-0.2, -0.15) is 0 Å². The fourth-order valence-electron chi connectivity index (χ4n) is 1.32. The quantitative estimate of drug-likeness (QED) is 0.648. The number of methoxy groups -OCH3 is 1. The molecule has 3 nitrogen and oxygen atoms in total. The molecule has 0 saturated carbocycles. The summed E-state index contributed by atoms with van der Waals surface area (Å²) in [4.78, 5) is 14.7. The topological polar surface area (TPSA) is 42.1 Å².